The lowest BCUT2D eigenvalue weighted by atomic mass is 10.2. The first-order chi connectivity index (χ1) is 15.3. The van der Waals surface area contributed by atoms with Crippen LogP contribution >= 0.6 is 27.7 Å². The van der Waals surface area contributed by atoms with E-state index in [2.05, 4.69) is 21.2 Å². The van der Waals surface area contributed by atoms with Gasteiger partial charge in [0.15, 0.2) is 0 Å². The number of nitrogens with zero attached hydrogens (tertiary/aromatic N) is 1. The predicted molar refractivity (Wildman–Crippen MR) is 135 cm³/mol. The third kappa shape index (κ3) is 6.60. The SMILES string of the molecule is Cc1ccc(SCCNC(=O)CN(c2cccc(Br)c2)S(=O)(=O)c2ccc(C)cc2)cc1. The van der Waals surface area contributed by atoms with Crippen molar-refractivity contribution in [2.24, 2.45) is 0 Å². The molecule has 0 heterocycles. The molecule has 1 N–H and O–H groups in total. The lowest BCUT2D eigenvalue weighted by Gasteiger charge is -2.24. The van der Waals surface area contributed by atoms with Crippen LogP contribution in [-0.4, -0.2) is 33.2 Å². The second kappa shape index (κ2) is 11.0. The van der Waals surface area contributed by atoms with Gasteiger partial charge in [-0.3, -0.25) is 9.10 Å². The Hall–Kier alpha value is -2.29. The first-order valence-electron chi connectivity index (χ1n) is 10.1. The van der Waals surface area contributed by atoms with Crippen LogP contribution in [0.2, 0.25) is 0 Å². The first-order valence-corrected chi connectivity index (χ1v) is 13.3. The van der Waals surface area contributed by atoms with Crippen LogP contribution < -0.4 is 9.62 Å². The van der Waals surface area contributed by atoms with E-state index in [1.165, 1.54) is 5.56 Å². The number of hydrogen-bond acceptors (Lipinski definition) is 4. The number of halogens is 1. The summed E-state index contributed by atoms with van der Waals surface area (Å²) in [6.45, 7) is 4.07. The van der Waals surface area contributed by atoms with Gasteiger partial charge in [0.2, 0.25) is 5.91 Å². The van der Waals surface area contributed by atoms with Crippen LogP contribution in [0, 0.1) is 13.8 Å². The van der Waals surface area contributed by atoms with Crippen LogP contribution in [0.3, 0.4) is 0 Å². The Kier molecular flexibility index (Phi) is 8.39. The minimum Gasteiger partial charge on any atom is -0.354 e. The summed E-state index contributed by atoms with van der Waals surface area (Å²) in [7, 11) is -3.91. The molecule has 0 aliphatic rings. The van der Waals surface area contributed by atoms with Crippen molar-refractivity contribution in [3.05, 3.63) is 88.4 Å². The fourth-order valence-corrected chi connectivity index (χ4v) is 5.53. The molecule has 0 atom stereocenters. The summed E-state index contributed by atoms with van der Waals surface area (Å²) in [5.74, 6) is 0.335. The van der Waals surface area contributed by atoms with Crippen molar-refractivity contribution in [1.29, 1.82) is 0 Å². The third-order valence-electron chi connectivity index (χ3n) is 4.71. The van der Waals surface area contributed by atoms with E-state index in [0.717, 1.165) is 19.2 Å². The molecule has 0 saturated heterocycles. The van der Waals surface area contributed by atoms with Crippen LogP contribution in [0.25, 0.3) is 0 Å². The zero-order valence-electron chi connectivity index (χ0n) is 17.9. The molecule has 168 valence electrons. The Bertz CT molecular complexity index is 1160. The van der Waals surface area contributed by atoms with Crippen LogP contribution in [0.4, 0.5) is 5.69 Å². The van der Waals surface area contributed by atoms with Crippen LogP contribution in [0.1, 0.15) is 11.1 Å². The van der Waals surface area contributed by atoms with Gasteiger partial charge in [-0.2, -0.15) is 0 Å². The molecule has 1 amide bonds. The average molecular weight is 534 g/mol. The van der Waals surface area contributed by atoms with E-state index in [1.807, 2.05) is 44.2 Å². The van der Waals surface area contributed by atoms with E-state index in [4.69, 9.17) is 0 Å². The summed E-state index contributed by atoms with van der Waals surface area (Å²) in [4.78, 5) is 13.9. The lowest BCUT2D eigenvalue weighted by molar-refractivity contribution is -0.119. The van der Waals surface area contributed by atoms with Gasteiger partial charge in [0.25, 0.3) is 10.0 Å². The second-order valence-corrected chi connectivity index (χ2v) is 11.3. The van der Waals surface area contributed by atoms with E-state index in [1.54, 1.807) is 54.2 Å². The molecular formula is C24H25BrN2O3S2. The topological polar surface area (TPSA) is 66.5 Å². The Morgan fingerprint density at radius 3 is 2.22 bits per heavy atom. The van der Waals surface area contributed by atoms with Gasteiger partial charge in [-0.05, 0) is 56.3 Å². The number of benzene rings is 3. The van der Waals surface area contributed by atoms with Gasteiger partial charge in [-0.1, -0.05) is 57.4 Å². The fraction of sp³-hybridized carbons (Fsp3) is 0.208. The number of anilines is 1. The summed E-state index contributed by atoms with van der Waals surface area (Å²) >= 11 is 5.02. The molecule has 5 nitrogen and oxygen atoms in total. The molecular weight excluding hydrogens is 508 g/mol. The van der Waals surface area contributed by atoms with Crippen molar-refractivity contribution in [3.63, 3.8) is 0 Å². The number of hydrogen-bond donors (Lipinski definition) is 1. The first kappa shape index (κ1) is 24.4. The maximum absolute atomic E-state index is 13.4. The molecule has 0 spiro atoms. The number of aryl methyl sites for hydroxylation is 2. The van der Waals surface area contributed by atoms with Crippen LogP contribution in [0.15, 0.2) is 87.1 Å². The van der Waals surface area contributed by atoms with Gasteiger partial charge >= 0.3 is 0 Å². The molecule has 0 bridgehead atoms. The Balaban J connectivity index is 1.70. The molecule has 0 unspecified atom stereocenters. The number of sulfonamides is 1. The summed E-state index contributed by atoms with van der Waals surface area (Å²) in [6.07, 6.45) is 0. The summed E-state index contributed by atoms with van der Waals surface area (Å²) in [5.41, 5.74) is 2.58. The van der Waals surface area contributed by atoms with Crippen LogP contribution in [0.5, 0.6) is 0 Å². The maximum atomic E-state index is 13.4. The molecule has 0 radical (unpaired) electrons. The summed E-state index contributed by atoms with van der Waals surface area (Å²) < 4.78 is 28.6. The van der Waals surface area contributed by atoms with Crippen molar-refractivity contribution in [2.45, 2.75) is 23.6 Å². The highest BCUT2D eigenvalue weighted by Gasteiger charge is 2.27. The number of rotatable bonds is 9. The molecule has 3 rings (SSSR count). The van der Waals surface area contributed by atoms with E-state index in [0.29, 0.717) is 18.0 Å². The van der Waals surface area contributed by atoms with Gasteiger partial charge in [0, 0.05) is 21.7 Å². The number of nitrogens with one attached hydrogen (secondary N) is 1. The minimum absolute atomic E-state index is 0.144. The van der Waals surface area contributed by atoms with E-state index in [-0.39, 0.29) is 17.3 Å². The van der Waals surface area contributed by atoms with Crippen molar-refractivity contribution >= 4 is 49.3 Å². The zero-order chi connectivity index (χ0) is 23.1. The van der Waals surface area contributed by atoms with Crippen molar-refractivity contribution in [2.75, 3.05) is 23.1 Å². The van der Waals surface area contributed by atoms with E-state index < -0.39 is 10.0 Å². The van der Waals surface area contributed by atoms with Crippen molar-refractivity contribution in [1.82, 2.24) is 5.32 Å². The molecule has 0 aromatic heterocycles. The highest BCUT2D eigenvalue weighted by molar-refractivity contribution is 9.10. The predicted octanol–water partition coefficient (Wildman–Crippen LogP) is 5.17. The van der Waals surface area contributed by atoms with E-state index in [9.17, 15) is 13.2 Å². The van der Waals surface area contributed by atoms with Gasteiger partial charge in [0.1, 0.15) is 6.54 Å². The molecule has 32 heavy (non-hydrogen) atoms. The number of amides is 1. The highest BCUT2D eigenvalue weighted by Crippen LogP contribution is 2.26. The molecule has 0 aliphatic heterocycles. The van der Waals surface area contributed by atoms with E-state index >= 15 is 0 Å². The molecule has 3 aromatic rings. The molecule has 0 saturated carbocycles. The van der Waals surface area contributed by atoms with Gasteiger partial charge in [-0.15, -0.1) is 11.8 Å². The summed E-state index contributed by atoms with van der Waals surface area (Å²) in [5, 5.41) is 2.83. The average Bonchev–Trinajstić information content (AvgIpc) is 2.76. The Morgan fingerprint density at radius 2 is 1.59 bits per heavy atom. The lowest BCUT2D eigenvalue weighted by Crippen LogP contribution is -2.41. The Morgan fingerprint density at radius 1 is 0.969 bits per heavy atom. The van der Waals surface area contributed by atoms with Crippen molar-refractivity contribution in [3.8, 4) is 0 Å². The fourth-order valence-electron chi connectivity index (χ4n) is 2.96. The monoisotopic (exact) mass is 532 g/mol. The third-order valence-corrected chi connectivity index (χ3v) is 8.00. The number of carbonyl (C=O) groups excluding carboxylic acids is 1. The Labute approximate surface area is 202 Å². The largest absolute Gasteiger partial charge is 0.354 e. The standard InChI is InChI=1S/C24H25BrN2O3S2/c1-18-6-10-22(11-7-18)31-15-14-26-24(28)17-27(21-5-3-4-20(25)16-21)32(29,30)23-12-8-19(2)9-13-23/h3-13,16H,14-15,17H2,1-2H3,(H,26,28). The minimum atomic E-state index is -3.91. The molecule has 3 aromatic carbocycles. The number of carbonyl (C=O) groups is 1. The molecule has 0 aliphatic carbocycles. The second-order valence-electron chi connectivity index (χ2n) is 7.32. The normalized spacial score (nSPS) is 11.2. The van der Waals surface area contributed by atoms with Gasteiger partial charge in [0.05, 0.1) is 10.6 Å². The smallest absolute Gasteiger partial charge is 0.264 e. The maximum Gasteiger partial charge on any atom is 0.264 e. The van der Waals surface area contributed by atoms with Gasteiger partial charge < -0.3 is 5.32 Å². The zero-order valence-corrected chi connectivity index (χ0v) is 21.1. The molecule has 0 fully saturated rings. The quantitative estimate of drug-likeness (QED) is 0.305. The van der Waals surface area contributed by atoms with Gasteiger partial charge in [-0.25, -0.2) is 8.42 Å². The summed E-state index contributed by atoms with van der Waals surface area (Å²) in [6, 6.07) is 21.7. The number of thioether (sulfide) groups is 1. The van der Waals surface area contributed by atoms with Crippen LogP contribution in [-0.2, 0) is 14.8 Å². The van der Waals surface area contributed by atoms with Crippen molar-refractivity contribution < 1.29 is 13.2 Å². The molecule has 8 heteroatoms. The highest BCUT2D eigenvalue weighted by atomic mass is 79.9.